The zero-order valence-corrected chi connectivity index (χ0v) is 12.4. The average molecular weight is 309 g/mol. The Morgan fingerprint density at radius 2 is 1.82 bits per heavy atom. The van der Waals surface area contributed by atoms with E-state index in [0.29, 0.717) is 5.56 Å². The Bertz CT molecular complexity index is 516. The van der Waals surface area contributed by atoms with Crippen LogP contribution in [0.15, 0.2) is 30.3 Å². The summed E-state index contributed by atoms with van der Waals surface area (Å²) < 4.78 is 9.58. The van der Waals surface area contributed by atoms with Crippen molar-refractivity contribution in [3.05, 3.63) is 35.9 Å². The zero-order valence-electron chi connectivity index (χ0n) is 12.4. The minimum Gasteiger partial charge on any atom is -0.480 e. The molecular formula is C15H19NO6. The molecule has 1 aromatic rings. The van der Waals surface area contributed by atoms with Crippen molar-refractivity contribution in [2.75, 3.05) is 14.2 Å². The number of amides is 1. The smallest absolute Gasteiger partial charge is 0.326 e. The van der Waals surface area contributed by atoms with E-state index >= 15 is 0 Å². The van der Waals surface area contributed by atoms with Crippen molar-refractivity contribution >= 4 is 17.8 Å². The number of aliphatic carboxylic acids is 1. The van der Waals surface area contributed by atoms with Crippen LogP contribution in [0.5, 0.6) is 0 Å². The van der Waals surface area contributed by atoms with Crippen LogP contribution in [0.3, 0.4) is 0 Å². The first-order valence-electron chi connectivity index (χ1n) is 6.67. The number of benzene rings is 1. The van der Waals surface area contributed by atoms with Gasteiger partial charge in [-0.05, 0) is 12.0 Å². The summed E-state index contributed by atoms with van der Waals surface area (Å²) in [5.41, 5.74) is 0.611. The highest BCUT2D eigenvalue weighted by molar-refractivity contribution is 5.87. The van der Waals surface area contributed by atoms with Gasteiger partial charge in [-0.25, -0.2) is 4.79 Å². The van der Waals surface area contributed by atoms with E-state index in [1.165, 1.54) is 14.2 Å². The van der Waals surface area contributed by atoms with Gasteiger partial charge in [0.1, 0.15) is 6.04 Å². The van der Waals surface area contributed by atoms with E-state index in [2.05, 4.69) is 10.1 Å². The number of hydrogen-bond acceptors (Lipinski definition) is 5. The minimum atomic E-state index is -1.22. The number of nitrogens with one attached hydrogen (secondary N) is 1. The van der Waals surface area contributed by atoms with Crippen molar-refractivity contribution in [3.8, 4) is 0 Å². The number of ether oxygens (including phenoxy) is 2. The minimum absolute atomic E-state index is 0.0566. The van der Waals surface area contributed by atoms with Crippen molar-refractivity contribution in [3.63, 3.8) is 0 Å². The van der Waals surface area contributed by atoms with Gasteiger partial charge < -0.3 is 19.9 Å². The number of carboxylic acids is 1. The largest absolute Gasteiger partial charge is 0.480 e. The van der Waals surface area contributed by atoms with Crippen LogP contribution < -0.4 is 5.32 Å². The summed E-state index contributed by atoms with van der Waals surface area (Å²) in [5, 5.41) is 11.5. The van der Waals surface area contributed by atoms with Crippen LogP contribution >= 0.6 is 0 Å². The maximum atomic E-state index is 12.2. The summed E-state index contributed by atoms with van der Waals surface area (Å²) in [6.07, 6.45) is -1.07. The van der Waals surface area contributed by atoms with Crippen molar-refractivity contribution < 1.29 is 29.0 Å². The van der Waals surface area contributed by atoms with Gasteiger partial charge in [0, 0.05) is 13.5 Å². The molecule has 120 valence electrons. The van der Waals surface area contributed by atoms with Gasteiger partial charge in [0.05, 0.1) is 7.11 Å². The van der Waals surface area contributed by atoms with E-state index in [1.807, 2.05) is 0 Å². The SMILES string of the molecule is COC(=O)CC[C@@H](NC(=O)[C@H](OC)c1ccccc1)C(=O)O. The molecule has 2 N–H and O–H groups in total. The third-order valence-corrected chi connectivity index (χ3v) is 3.06. The molecule has 0 saturated carbocycles. The van der Waals surface area contributed by atoms with E-state index < -0.39 is 30.0 Å². The molecule has 1 rings (SSSR count). The number of carboxylic acid groups (broad SMARTS) is 1. The Morgan fingerprint density at radius 1 is 1.18 bits per heavy atom. The van der Waals surface area contributed by atoms with Gasteiger partial charge in [0.15, 0.2) is 6.10 Å². The van der Waals surface area contributed by atoms with E-state index in [4.69, 9.17) is 9.84 Å². The van der Waals surface area contributed by atoms with Crippen molar-refractivity contribution in [2.45, 2.75) is 25.0 Å². The predicted octanol–water partition coefficient (Wildman–Crippen LogP) is 0.897. The number of methoxy groups -OCH3 is 2. The molecule has 1 amide bonds. The maximum Gasteiger partial charge on any atom is 0.326 e. The Kier molecular flexibility index (Phi) is 7.04. The highest BCUT2D eigenvalue weighted by Gasteiger charge is 2.26. The fourth-order valence-electron chi connectivity index (χ4n) is 1.89. The highest BCUT2D eigenvalue weighted by atomic mass is 16.5. The molecule has 0 heterocycles. The maximum absolute atomic E-state index is 12.2. The highest BCUT2D eigenvalue weighted by Crippen LogP contribution is 2.16. The molecule has 0 saturated heterocycles. The Balaban J connectivity index is 2.73. The van der Waals surface area contributed by atoms with Crippen LogP contribution in [0.2, 0.25) is 0 Å². The normalized spacial score (nSPS) is 13.0. The molecule has 22 heavy (non-hydrogen) atoms. The molecular weight excluding hydrogens is 290 g/mol. The van der Waals surface area contributed by atoms with Crippen LogP contribution in [0, 0.1) is 0 Å². The summed E-state index contributed by atoms with van der Waals surface area (Å²) in [4.78, 5) is 34.4. The van der Waals surface area contributed by atoms with E-state index in [1.54, 1.807) is 30.3 Å². The number of carbonyl (C=O) groups excluding carboxylic acids is 2. The van der Waals surface area contributed by atoms with Crippen LogP contribution in [0.4, 0.5) is 0 Å². The summed E-state index contributed by atoms with van der Waals surface area (Å²) in [5.74, 6) is -2.34. The Morgan fingerprint density at radius 3 is 2.32 bits per heavy atom. The Labute approximate surface area is 128 Å². The average Bonchev–Trinajstić information content (AvgIpc) is 2.52. The monoisotopic (exact) mass is 309 g/mol. The molecule has 7 heteroatoms. The lowest BCUT2D eigenvalue weighted by atomic mass is 10.1. The van der Waals surface area contributed by atoms with Gasteiger partial charge in [-0.2, -0.15) is 0 Å². The number of hydrogen-bond donors (Lipinski definition) is 2. The molecule has 0 aliphatic carbocycles. The lowest BCUT2D eigenvalue weighted by molar-refractivity contribution is -0.145. The van der Waals surface area contributed by atoms with Crippen LogP contribution in [0.25, 0.3) is 0 Å². The molecule has 7 nitrogen and oxygen atoms in total. The van der Waals surface area contributed by atoms with Gasteiger partial charge in [0.25, 0.3) is 5.91 Å². The molecule has 0 bridgehead atoms. The van der Waals surface area contributed by atoms with Crippen molar-refractivity contribution in [1.82, 2.24) is 5.32 Å². The van der Waals surface area contributed by atoms with Crippen LogP contribution in [0.1, 0.15) is 24.5 Å². The quantitative estimate of drug-likeness (QED) is 0.692. The van der Waals surface area contributed by atoms with Gasteiger partial charge >= 0.3 is 11.9 Å². The third-order valence-electron chi connectivity index (χ3n) is 3.06. The van der Waals surface area contributed by atoms with Gasteiger partial charge in [-0.15, -0.1) is 0 Å². The second-order valence-corrected chi connectivity index (χ2v) is 4.54. The first kappa shape index (κ1) is 17.6. The summed E-state index contributed by atoms with van der Waals surface area (Å²) >= 11 is 0. The molecule has 0 spiro atoms. The molecule has 0 aromatic heterocycles. The second-order valence-electron chi connectivity index (χ2n) is 4.54. The first-order valence-corrected chi connectivity index (χ1v) is 6.67. The standard InChI is InChI=1S/C15H19NO6/c1-21-12(17)9-8-11(15(19)20)16-14(18)13(22-2)10-6-4-3-5-7-10/h3-7,11,13H,8-9H2,1-2H3,(H,16,18)(H,19,20)/t11-,13-/m1/s1. The van der Waals surface area contributed by atoms with Gasteiger partial charge in [0.2, 0.25) is 0 Å². The lowest BCUT2D eigenvalue weighted by Gasteiger charge is -2.19. The Hall–Kier alpha value is -2.41. The van der Waals surface area contributed by atoms with Crippen LogP contribution in [-0.4, -0.2) is 43.2 Å². The molecule has 0 aliphatic rings. The lowest BCUT2D eigenvalue weighted by Crippen LogP contribution is -2.43. The van der Waals surface area contributed by atoms with E-state index in [0.717, 1.165) is 0 Å². The third kappa shape index (κ3) is 5.17. The topological polar surface area (TPSA) is 102 Å². The molecule has 0 unspecified atom stereocenters. The molecule has 2 atom stereocenters. The van der Waals surface area contributed by atoms with Crippen molar-refractivity contribution in [2.24, 2.45) is 0 Å². The second kappa shape index (κ2) is 8.78. The number of rotatable bonds is 8. The first-order chi connectivity index (χ1) is 10.5. The van der Waals surface area contributed by atoms with Gasteiger partial charge in [-0.1, -0.05) is 30.3 Å². The molecule has 0 aliphatic heterocycles. The summed E-state index contributed by atoms with van der Waals surface area (Å²) in [6.45, 7) is 0. The van der Waals surface area contributed by atoms with Gasteiger partial charge in [-0.3, -0.25) is 9.59 Å². The fourth-order valence-corrected chi connectivity index (χ4v) is 1.89. The summed E-state index contributed by atoms with van der Waals surface area (Å²) in [7, 11) is 2.58. The zero-order chi connectivity index (χ0) is 16.5. The van der Waals surface area contributed by atoms with Crippen molar-refractivity contribution in [1.29, 1.82) is 0 Å². The van der Waals surface area contributed by atoms with Crippen LogP contribution in [-0.2, 0) is 23.9 Å². The molecule has 1 aromatic carbocycles. The van der Waals surface area contributed by atoms with E-state index in [9.17, 15) is 14.4 Å². The molecule has 0 fully saturated rings. The summed E-state index contributed by atoms with van der Waals surface area (Å²) in [6, 6.07) is 7.52. The number of esters is 1. The molecule has 0 radical (unpaired) electrons. The predicted molar refractivity (Wildman–Crippen MR) is 77.0 cm³/mol. The number of carbonyl (C=O) groups is 3. The van der Waals surface area contributed by atoms with E-state index in [-0.39, 0.29) is 12.8 Å². The fraction of sp³-hybridized carbons (Fsp3) is 0.400.